The molecule has 1 saturated carbocycles. The molecular weight excluding hydrogens is 312 g/mol. The number of ether oxygens (including phenoxy) is 1. The van der Waals surface area contributed by atoms with E-state index in [0.29, 0.717) is 12.3 Å². The second-order valence-electron chi connectivity index (χ2n) is 4.82. The number of Topliss-reactive ketones (excluding diaryl/α,β-unsaturated/α-hetero) is 1. The molecule has 1 heterocycles. The van der Waals surface area contributed by atoms with Gasteiger partial charge in [-0.1, -0.05) is 48.0 Å². The average Bonchev–Trinajstić information content (AvgIpc) is 2.65. The minimum atomic E-state index is 0.204. The molecule has 0 radical (unpaired) electrons. The number of carbonyl (C=O) groups is 1. The van der Waals surface area contributed by atoms with Crippen molar-refractivity contribution in [2.24, 2.45) is 0 Å². The summed E-state index contributed by atoms with van der Waals surface area (Å²) in [5.74, 6) is 0.803. The highest BCUT2D eigenvalue weighted by molar-refractivity contribution is 5.75. The normalized spacial score (nSPS) is 11.4. The molecule has 148 valence electrons. The quantitative estimate of drug-likeness (QED) is 0.764. The predicted octanol–water partition coefficient (Wildman–Crippen LogP) is 5.45. The molecule has 1 N–H and O–H groups in total. The summed E-state index contributed by atoms with van der Waals surface area (Å²) in [6, 6.07) is 4.61. The fourth-order valence-corrected chi connectivity index (χ4v) is 1.73. The SMILES string of the molecule is CC.CC.CC.CNC1CCC1.COc1cc(CCC(C)=O)ccn1. The van der Waals surface area contributed by atoms with E-state index in [1.54, 1.807) is 20.2 Å². The van der Waals surface area contributed by atoms with Crippen LogP contribution in [0.25, 0.3) is 0 Å². The molecule has 0 atom stereocenters. The maximum atomic E-state index is 10.7. The highest BCUT2D eigenvalue weighted by Gasteiger charge is 2.13. The second kappa shape index (κ2) is 22.6. The van der Waals surface area contributed by atoms with Gasteiger partial charge in [-0.2, -0.15) is 0 Å². The van der Waals surface area contributed by atoms with Gasteiger partial charge in [-0.05, 0) is 44.9 Å². The molecule has 0 saturated heterocycles. The summed E-state index contributed by atoms with van der Waals surface area (Å²) in [5, 5.41) is 3.20. The number of pyridine rings is 1. The maximum Gasteiger partial charge on any atom is 0.213 e. The molecule has 0 spiro atoms. The van der Waals surface area contributed by atoms with Gasteiger partial charge in [0.1, 0.15) is 5.78 Å². The monoisotopic (exact) mass is 354 g/mol. The van der Waals surface area contributed by atoms with Crippen LogP contribution in [0, 0.1) is 0 Å². The fourth-order valence-electron chi connectivity index (χ4n) is 1.73. The average molecular weight is 355 g/mol. The van der Waals surface area contributed by atoms with Gasteiger partial charge in [-0.3, -0.25) is 0 Å². The molecule has 0 unspecified atom stereocenters. The van der Waals surface area contributed by atoms with E-state index in [0.717, 1.165) is 18.0 Å². The van der Waals surface area contributed by atoms with Gasteiger partial charge < -0.3 is 14.8 Å². The van der Waals surface area contributed by atoms with Crippen molar-refractivity contribution in [3.63, 3.8) is 0 Å². The number of carbonyl (C=O) groups excluding carboxylic acids is 1. The molecule has 4 nitrogen and oxygen atoms in total. The van der Waals surface area contributed by atoms with Gasteiger partial charge in [-0.15, -0.1) is 0 Å². The minimum Gasteiger partial charge on any atom is -0.481 e. The zero-order valence-corrected chi connectivity index (χ0v) is 18.1. The summed E-state index contributed by atoms with van der Waals surface area (Å²) >= 11 is 0. The number of hydrogen-bond acceptors (Lipinski definition) is 4. The standard InChI is InChI=1S/C10H13NO2.C5H11N.3C2H6/c1-8(12)3-4-9-5-6-11-10(7-9)13-2;1-6-5-3-2-4-5;3*1-2/h5-7H,3-4H2,1-2H3;5-6H,2-4H2,1H3;3*1-2H3. The second-order valence-corrected chi connectivity index (χ2v) is 4.82. The highest BCUT2D eigenvalue weighted by Crippen LogP contribution is 2.16. The molecule has 1 aliphatic rings. The van der Waals surface area contributed by atoms with Crippen LogP contribution in [0.3, 0.4) is 0 Å². The first-order chi connectivity index (χ1) is 12.2. The molecule has 0 amide bonds. The number of nitrogens with one attached hydrogen (secondary N) is 1. The van der Waals surface area contributed by atoms with Crippen molar-refractivity contribution in [1.29, 1.82) is 0 Å². The lowest BCUT2D eigenvalue weighted by atomic mass is 9.94. The first-order valence-corrected chi connectivity index (χ1v) is 9.81. The topological polar surface area (TPSA) is 51.2 Å². The van der Waals surface area contributed by atoms with Crippen molar-refractivity contribution < 1.29 is 9.53 Å². The van der Waals surface area contributed by atoms with Gasteiger partial charge in [0.25, 0.3) is 0 Å². The van der Waals surface area contributed by atoms with E-state index in [-0.39, 0.29) is 5.78 Å². The Hall–Kier alpha value is -1.42. The van der Waals surface area contributed by atoms with Gasteiger partial charge >= 0.3 is 0 Å². The lowest BCUT2D eigenvalue weighted by Crippen LogP contribution is -2.31. The van der Waals surface area contributed by atoms with E-state index in [1.807, 2.05) is 60.7 Å². The lowest BCUT2D eigenvalue weighted by Gasteiger charge is -2.23. The smallest absolute Gasteiger partial charge is 0.213 e. The van der Waals surface area contributed by atoms with Gasteiger partial charge in [0.15, 0.2) is 0 Å². The summed E-state index contributed by atoms with van der Waals surface area (Å²) < 4.78 is 4.97. The molecule has 0 bridgehead atoms. The van der Waals surface area contributed by atoms with Crippen molar-refractivity contribution in [2.45, 2.75) is 86.6 Å². The molecule has 1 aromatic heterocycles. The zero-order valence-electron chi connectivity index (χ0n) is 18.1. The Morgan fingerprint density at radius 3 is 2.08 bits per heavy atom. The number of nitrogens with zero attached hydrogens (tertiary/aromatic N) is 1. The Labute approximate surface area is 156 Å². The first-order valence-electron chi connectivity index (χ1n) is 9.81. The van der Waals surface area contributed by atoms with Crippen LogP contribution in [-0.2, 0) is 11.2 Å². The fraction of sp³-hybridized carbons (Fsp3) is 0.714. The number of hydrogen-bond donors (Lipinski definition) is 1. The molecule has 0 aliphatic heterocycles. The van der Waals surface area contributed by atoms with Gasteiger partial charge in [-0.25, -0.2) is 4.98 Å². The molecule has 2 rings (SSSR count). The third-order valence-electron chi connectivity index (χ3n) is 3.29. The van der Waals surface area contributed by atoms with Crippen molar-refractivity contribution in [3.8, 4) is 5.88 Å². The van der Waals surface area contributed by atoms with Crippen LogP contribution in [0.4, 0.5) is 0 Å². The zero-order chi connectivity index (χ0) is 20.1. The van der Waals surface area contributed by atoms with Gasteiger partial charge in [0, 0.05) is 24.7 Å². The highest BCUT2D eigenvalue weighted by atomic mass is 16.5. The number of methoxy groups -OCH3 is 1. The van der Waals surface area contributed by atoms with E-state index in [1.165, 1.54) is 19.3 Å². The van der Waals surface area contributed by atoms with Crippen LogP contribution in [0.15, 0.2) is 18.3 Å². The van der Waals surface area contributed by atoms with Crippen molar-refractivity contribution in [1.82, 2.24) is 10.3 Å². The van der Waals surface area contributed by atoms with E-state index < -0.39 is 0 Å². The van der Waals surface area contributed by atoms with E-state index in [2.05, 4.69) is 10.3 Å². The van der Waals surface area contributed by atoms with E-state index in [4.69, 9.17) is 4.74 Å². The number of ketones is 1. The summed E-state index contributed by atoms with van der Waals surface area (Å²) in [7, 11) is 3.61. The molecule has 25 heavy (non-hydrogen) atoms. The minimum absolute atomic E-state index is 0.204. The lowest BCUT2D eigenvalue weighted by molar-refractivity contribution is -0.116. The summed E-state index contributed by atoms with van der Waals surface area (Å²) in [6.07, 6.45) is 7.26. The van der Waals surface area contributed by atoms with Crippen molar-refractivity contribution in [3.05, 3.63) is 23.9 Å². The number of aromatic nitrogens is 1. The van der Waals surface area contributed by atoms with Crippen LogP contribution >= 0.6 is 0 Å². The Bertz CT molecular complexity index is 388. The molecule has 1 aromatic rings. The largest absolute Gasteiger partial charge is 0.481 e. The predicted molar refractivity (Wildman–Crippen MR) is 111 cm³/mol. The Balaban J connectivity index is -0.000000337. The summed E-state index contributed by atoms with van der Waals surface area (Å²) in [6.45, 7) is 13.6. The Morgan fingerprint density at radius 1 is 1.20 bits per heavy atom. The van der Waals surface area contributed by atoms with Crippen LogP contribution in [-0.4, -0.2) is 31.0 Å². The third-order valence-corrected chi connectivity index (χ3v) is 3.29. The number of rotatable bonds is 5. The molecule has 1 fully saturated rings. The van der Waals surface area contributed by atoms with Gasteiger partial charge in [0.05, 0.1) is 7.11 Å². The molecule has 0 aromatic carbocycles. The van der Waals surface area contributed by atoms with Crippen LogP contribution < -0.4 is 10.1 Å². The number of aryl methyl sites for hydroxylation is 1. The molecule has 4 heteroatoms. The van der Waals surface area contributed by atoms with E-state index >= 15 is 0 Å². The summed E-state index contributed by atoms with van der Waals surface area (Å²) in [5.41, 5.74) is 1.09. The third kappa shape index (κ3) is 17.2. The Morgan fingerprint density at radius 2 is 1.76 bits per heavy atom. The van der Waals surface area contributed by atoms with Crippen LogP contribution in [0.2, 0.25) is 0 Å². The van der Waals surface area contributed by atoms with Crippen molar-refractivity contribution in [2.75, 3.05) is 14.2 Å². The first kappa shape index (κ1) is 28.4. The maximum absolute atomic E-state index is 10.7. The van der Waals surface area contributed by atoms with E-state index in [9.17, 15) is 4.79 Å². The van der Waals surface area contributed by atoms with Crippen LogP contribution in [0.1, 0.15) is 79.7 Å². The van der Waals surface area contributed by atoms with Crippen LogP contribution in [0.5, 0.6) is 5.88 Å². The summed E-state index contributed by atoms with van der Waals surface area (Å²) in [4.78, 5) is 14.7. The van der Waals surface area contributed by atoms with Crippen molar-refractivity contribution >= 4 is 5.78 Å². The van der Waals surface area contributed by atoms with Gasteiger partial charge in [0.2, 0.25) is 5.88 Å². The molecule has 1 aliphatic carbocycles. The Kier molecular flexibility index (Phi) is 25.6. The molecular formula is C21H42N2O2.